The third-order valence-corrected chi connectivity index (χ3v) is 10.6. The van der Waals surface area contributed by atoms with Crippen LogP contribution in [-0.2, 0) is 0 Å². The van der Waals surface area contributed by atoms with Crippen LogP contribution in [0.3, 0.4) is 0 Å². The molecule has 0 aliphatic heterocycles. The molecule has 0 fully saturated rings. The van der Waals surface area contributed by atoms with E-state index in [1.54, 1.807) is 0 Å². The SMILES string of the molecule is c1ccc(-c2cc(-c3cccc(-c4cccc(-c5cc6ccccc6c6c(-c7ccccc7)cc(-c7ccccc7)nc56)c4)c3)cc(-c3ccccc3)n2)cc1. The molecule has 10 rings (SSSR count). The van der Waals surface area contributed by atoms with Crippen molar-refractivity contribution in [2.45, 2.75) is 0 Å². The fourth-order valence-corrected chi connectivity index (χ4v) is 7.86. The highest BCUT2D eigenvalue weighted by molar-refractivity contribution is 6.18. The van der Waals surface area contributed by atoms with Crippen molar-refractivity contribution in [2.75, 3.05) is 0 Å². The Morgan fingerprint density at radius 2 is 0.679 bits per heavy atom. The Kier molecular flexibility index (Phi) is 8.55. The van der Waals surface area contributed by atoms with E-state index < -0.39 is 0 Å². The van der Waals surface area contributed by atoms with Gasteiger partial charge in [-0.2, -0.15) is 0 Å². The molecule has 0 N–H and O–H groups in total. The topological polar surface area (TPSA) is 25.8 Å². The van der Waals surface area contributed by atoms with Crippen molar-refractivity contribution in [3.05, 3.63) is 218 Å². The van der Waals surface area contributed by atoms with Gasteiger partial charge in [0.25, 0.3) is 0 Å². The number of pyridine rings is 2. The van der Waals surface area contributed by atoms with E-state index in [1.807, 2.05) is 12.1 Å². The van der Waals surface area contributed by atoms with Crippen LogP contribution in [0.1, 0.15) is 0 Å². The van der Waals surface area contributed by atoms with Crippen molar-refractivity contribution in [3.63, 3.8) is 0 Å². The molecule has 0 atom stereocenters. The van der Waals surface area contributed by atoms with Gasteiger partial charge in [-0.15, -0.1) is 0 Å². The van der Waals surface area contributed by atoms with E-state index in [9.17, 15) is 0 Å². The molecule has 262 valence electrons. The zero-order valence-corrected chi connectivity index (χ0v) is 30.7. The van der Waals surface area contributed by atoms with Crippen LogP contribution in [0.2, 0.25) is 0 Å². The minimum Gasteiger partial charge on any atom is -0.248 e. The Bertz CT molecular complexity index is 2930. The van der Waals surface area contributed by atoms with Crippen molar-refractivity contribution < 1.29 is 0 Å². The van der Waals surface area contributed by atoms with E-state index >= 15 is 0 Å². The number of hydrogen-bond acceptors (Lipinski definition) is 2. The van der Waals surface area contributed by atoms with Gasteiger partial charge in [-0.05, 0) is 86.1 Å². The van der Waals surface area contributed by atoms with E-state index in [2.05, 4.69) is 206 Å². The average molecular weight is 713 g/mol. The molecular formula is C54H36N2. The summed E-state index contributed by atoms with van der Waals surface area (Å²) in [7, 11) is 0. The van der Waals surface area contributed by atoms with Gasteiger partial charge in [-0.3, -0.25) is 0 Å². The lowest BCUT2D eigenvalue weighted by molar-refractivity contribution is 1.32. The van der Waals surface area contributed by atoms with Crippen molar-refractivity contribution in [1.29, 1.82) is 0 Å². The van der Waals surface area contributed by atoms with Crippen molar-refractivity contribution in [3.8, 4) is 78.3 Å². The van der Waals surface area contributed by atoms with E-state index in [-0.39, 0.29) is 0 Å². The molecule has 0 spiro atoms. The predicted molar refractivity (Wildman–Crippen MR) is 235 cm³/mol. The maximum absolute atomic E-state index is 5.47. The summed E-state index contributed by atoms with van der Waals surface area (Å²) in [6.07, 6.45) is 0. The highest BCUT2D eigenvalue weighted by Gasteiger charge is 2.18. The first-order valence-corrected chi connectivity index (χ1v) is 19.1. The van der Waals surface area contributed by atoms with E-state index in [1.165, 1.54) is 21.9 Å². The van der Waals surface area contributed by atoms with Crippen molar-refractivity contribution >= 4 is 21.7 Å². The summed E-state index contributed by atoms with van der Waals surface area (Å²) in [6.45, 7) is 0. The third-order valence-electron chi connectivity index (χ3n) is 10.6. The van der Waals surface area contributed by atoms with Gasteiger partial charge in [0.2, 0.25) is 0 Å². The van der Waals surface area contributed by atoms with Crippen LogP contribution in [-0.4, -0.2) is 9.97 Å². The molecule has 0 unspecified atom stereocenters. The fourth-order valence-electron chi connectivity index (χ4n) is 7.86. The summed E-state index contributed by atoms with van der Waals surface area (Å²) in [6, 6.07) is 77.6. The lowest BCUT2D eigenvalue weighted by Crippen LogP contribution is -1.94. The first kappa shape index (κ1) is 33.2. The Morgan fingerprint density at radius 3 is 1.25 bits per heavy atom. The van der Waals surface area contributed by atoms with E-state index in [0.29, 0.717) is 0 Å². The summed E-state index contributed by atoms with van der Waals surface area (Å²) in [5.41, 5.74) is 16.3. The quantitative estimate of drug-likeness (QED) is 0.154. The monoisotopic (exact) mass is 712 g/mol. The number of aromatic nitrogens is 2. The number of benzene rings is 8. The van der Waals surface area contributed by atoms with Gasteiger partial charge in [0.05, 0.1) is 22.6 Å². The molecule has 0 aliphatic rings. The molecule has 0 saturated heterocycles. The van der Waals surface area contributed by atoms with Gasteiger partial charge in [-0.25, -0.2) is 9.97 Å². The highest BCUT2D eigenvalue weighted by atomic mass is 14.7. The maximum atomic E-state index is 5.47. The Morgan fingerprint density at radius 1 is 0.250 bits per heavy atom. The summed E-state index contributed by atoms with van der Waals surface area (Å²) in [4.78, 5) is 10.6. The first-order chi connectivity index (χ1) is 27.7. The summed E-state index contributed by atoms with van der Waals surface area (Å²) >= 11 is 0. The fraction of sp³-hybridized carbons (Fsp3) is 0. The smallest absolute Gasteiger partial charge is 0.0800 e. The van der Waals surface area contributed by atoms with Crippen LogP contribution >= 0.6 is 0 Å². The number of fused-ring (bicyclic) bond motifs is 3. The molecule has 8 aromatic carbocycles. The van der Waals surface area contributed by atoms with Crippen LogP contribution in [0.15, 0.2) is 218 Å². The Balaban J connectivity index is 1.14. The standard InChI is InChI=1S/C54H36N2/c1-5-17-37(18-6-1)48-36-52(40-23-11-4-12-24-40)56-54-49(33-45-25-13-14-30-47(45)53(48)54)44-29-16-27-42(32-44)41-26-15-28-43(31-41)46-34-50(38-19-7-2-8-20-38)55-51(35-46)39-21-9-3-10-22-39/h1-36H. The zero-order valence-electron chi connectivity index (χ0n) is 30.7. The predicted octanol–water partition coefficient (Wildman–Crippen LogP) is 14.5. The molecule has 0 bridgehead atoms. The number of hydrogen-bond donors (Lipinski definition) is 0. The molecule has 0 radical (unpaired) electrons. The van der Waals surface area contributed by atoms with E-state index in [0.717, 1.165) is 78.1 Å². The Hall–Kier alpha value is -7.42. The van der Waals surface area contributed by atoms with Crippen LogP contribution in [0.4, 0.5) is 0 Å². The summed E-state index contributed by atoms with van der Waals surface area (Å²) < 4.78 is 0. The molecule has 2 nitrogen and oxygen atoms in total. The van der Waals surface area contributed by atoms with Gasteiger partial charge in [0.15, 0.2) is 0 Å². The molecule has 2 heteroatoms. The molecule has 2 heterocycles. The molecule has 0 saturated carbocycles. The largest absolute Gasteiger partial charge is 0.248 e. The average Bonchev–Trinajstić information content (AvgIpc) is 3.29. The second kappa shape index (κ2) is 14.4. The second-order valence-electron chi connectivity index (χ2n) is 14.2. The Labute approximate surface area is 327 Å². The highest BCUT2D eigenvalue weighted by Crippen LogP contribution is 2.42. The molecule has 2 aromatic heterocycles. The van der Waals surface area contributed by atoms with Crippen LogP contribution in [0, 0.1) is 0 Å². The van der Waals surface area contributed by atoms with Gasteiger partial charge in [0.1, 0.15) is 0 Å². The van der Waals surface area contributed by atoms with Crippen molar-refractivity contribution in [2.24, 2.45) is 0 Å². The number of nitrogens with zero attached hydrogens (tertiary/aromatic N) is 2. The minimum atomic E-state index is 0.953. The normalized spacial score (nSPS) is 11.2. The van der Waals surface area contributed by atoms with Gasteiger partial charge in [-0.1, -0.05) is 182 Å². The number of rotatable bonds is 7. The van der Waals surface area contributed by atoms with Gasteiger partial charge >= 0.3 is 0 Å². The van der Waals surface area contributed by atoms with E-state index in [4.69, 9.17) is 9.97 Å². The molecule has 0 aliphatic carbocycles. The zero-order chi connectivity index (χ0) is 37.3. The second-order valence-corrected chi connectivity index (χ2v) is 14.2. The first-order valence-electron chi connectivity index (χ1n) is 19.1. The summed E-state index contributed by atoms with van der Waals surface area (Å²) in [5, 5.41) is 3.55. The van der Waals surface area contributed by atoms with Crippen LogP contribution in [0.5, 0.6) is 0 Å². The third kappa shape index (κ3) is 6.34. The summed E-state index contributed by atoms with van der Waals surface area (Å²) in [5.74, 6) is 0. The lowest BCUT2D eigenvalue weighted by Gasteiger charge is -2.17. The molecular weight excluding hydrogens is 677 g/mol. The van der Waals surface area contributed by atoms with Crippen LogP contribution in [0.25, 0.3) is 100.0 Å². The van der Waals surface area contributed by atoms with Crippen LogP contribution < -0.4 is 0 Å². The van der Waals surface area contributed by atoms with Gasteiger partial charge in [0, 0.05) is 27.6 Å². The molecule has 0 amide bonds. The maximum Gasteiger partial charge on any atom is 0.0800 e. The molecule has 10 aromatic rings. The minimum absolute atomic E-state index is 0.953. The van der Waals surface area contributed by atoms with Crippen molar-refractivity contribution in [1.82, 2.24) is 9.97 Å². The van der Waals surface area contributed by atoms with Gasteiger partial charge < -0.3 is 0 Å². The molecule has 56 heavy (non-hydrogen) atoms. The lowest BCUT2D eigenvalue weighted by atomic mass is 9.89.